The van der Waals surface area contributed by atoms with Crippen molar-refractivity contribution >= 4 is 0 Å². The molecular formula is C32H30F4N6O4. The summed E-state index contributed by atoms with van der Waals surface area (Å²) in [6, 6.07) is 20.8. The lowest BCUT2D eigenvalue weighted by atomic mass is 10.3. The predicted molar refractivity (Wildman–Crippen MR) is 162 cm³/mol. The third-order valence-corrected chi connectivity index (χ3v) is 6.43. The molecule has 0 amide bonds. The van der Waals surface area contributed by atoms with Crippen LogP contribution in [0.25, 0.3) is 17.1 Å². The van der Waals surface area contributed by atoms with Crippen molar-refractivity contribution in [2.24, 2.45) is 0 Å². The minimum Gasteiger partial charge on any atom is -0.506 e. The van der Waals surface area contributed by atoms with Crippen LogP contribution in [0.4, 0.5) is 17.6 Å². The molecule has 0 aliphatic rings. The molecule has 0 aliphatic heterocycles. The second-order valence-electron chi connectivity index (χ2n) is 10.1. The number of aromatic nitrogens is 6. The van der Waals surface area contributed by atoms with Crippen molar-refractivity contribution in [1.82, 2.24) is 29.3 Å². The van der Waals surface area contributed by atoms with Crippen LogP contribution in [0.5, 0.6) is 17.2 Å². The van der Waals surface area contributed by atoms with Gasteiger partial charge in [0.05, 0.1) is 5.69 Å². The quantitative estimate of drug-likeness (QED) is 0.165. The Balaban J connectivity index is 0.000000157. The molecule has 0 saturated carbocycles. The molecule has 3 aromatic heterocycles. The van der Waals surface area contributed by atoms with Crippen LogP contribution in [0.2, 0.25) is 0 Å². The molecule has 0 fully saturated rings. The number of aromatic hydroxyl groups is 3. The third kappa shape index (κ3) is 7.64. The Hall–Kier alpha value is -5.79. The van der Waals surface area contributed by atoms with E-state index in [2.05, 4.69) is 15.3 Å². The van der Waals surface area contributed by atoms with E-state index in [1.165, 1.54) is 58.8 Å². The first-order valence-corrected chi connectivity index (χ1v) is 13.7. The SMILES string of the molecule is Cc1cc(=O)n(-c2ccccc2O)[nH]1.Cc1cc(C(F)(F)F)nn1-c1ccccc1O.Cc1cc(C)n(-c2cc(F)ccc2O)n1. The molecule has 0 radical (unpaired) electrons. The lowest BCUT2D eigenvalue weighted by Gasteiger charge is -2.06. The summed E-state index contributed by atoms with van der Waals surface area (Å²) in [7, 11) is 0. The van der Waals surface area contributed by atoms with Gasteiger partial charge in [0, 0.05) is 29.2 Å². The van der Waals surface area contributed by atoms with Crippen LogP contribution in [-0.4, -0.2) is 44.7 Å². The average molecular weight is 639 g/mol. The van der Waals surface area contributed by atoms with E-state index in [4.69, 9.17) is 0 Å². The topological polar surface area (TPSA) is 134 Å². The highest BCUT2D eigenvalue weighted by Gasteiger charge is 2.34. The number of phenols is 3. The zero-order valence-electron chi connectivity index (χ0n) is 25.1. The summed E-state index contributed by atoms with van der Waals surface area (Å²) in [5, 5.41) is 39.1. The summed E-state index contributed by atoms with van der Waals surface area (Å²) in [5.74, 6) is -0.415. The number of hydrogen-bond donors (Lipinski definition) is 4. The summed E-state index contributed by atoms with van der Waals surface area (Å²) in [5.41, 5.74) is 2.65. The molecular weight excluding hydrogens is 608 g/mol. The highest BCUT2D eigenvalue weighted by atomic mass is 19.4. The number of H-pyrrole nitrogens is 1. The van der Waals surface area contributed by atoms with Crippen LogP contribution >= 0.6 is 0 Å². The molecule has 3 aromatic carbocycles. The van der Waals surface area contributed by atoms with Crippen molar-refractivity contribution in [3.05, 3.63) is 130 Å². The van der Waals surface area contributed by atoms with Gasteiger partial charge in [-0.15, -0.1) is 0 Å². The van der Waals surface area contributed by atoms with E-state index in [9.17, 15) is 37.7 Å². The number of phenolic OH excluding ortho intramolecular Hbond substituents is 3. The Bertz CT molecular complexity index is 2020. The highest BCUT2D eigenvalue weighted by Crippen LogP contribution is 2.31. The van der Waals surface area contributed by atoms with Crippen LogP contribution in [0, 0.1) is 33.5 Å². The van der Waals surface area contributed by atoms with Crippen LogP contribution in [0.1, 0.15) is 28.5 Å². The fourth-order valence-electron chi connectivity index (χ4n) is 4.38. The number of hydrogen-bond acceptors (Lipinski definition) is 6. The van der Waals surface area contributed by atoms with Gasteiger partial charge < -0.3 is 15.3 Å². The van der Waals surface area contributed by atoms with Gasteiger partial charge >= 0.3 is 6.18 Å². The Morgan fingerprint density at radius 1 is 0.674 bits per heavy atom. The molecule has 10 nitrogen and oxygen atoms in total. The van der Waals surface area contributed by atoms with E-state index in [1.807, 2.05) is 19.9 Å². The minimum absolute atomic E-state index is 0.0163. The van der Waals surface area contributed by atoms with Crippen molar-refractivity contribution < 1.29 is 32.9 Å². The van der Waals surface area contributed by atoms with Crippen molar-refractivity contribution in [2.75, 3.05) is 0 Å². The Morgan fingerprint density at radius 2 is 1.22 bits per heavy atom. The van der Waals surface area contributed by atoms with E-state index in [0.29, 0.717) is 17.1 Å². The van der Waals surface area contributed by atoms with E-state index in [1.54, 1.807) is 37.3 Å². The van der Waals surface area contributed by atoms with Gasteiger partial charge in [0.15, 0.2) is 5.69 Å². The normalized spacial score (nSPS) is 11.0. The van der Waals surface area contributed by atoms with Crippen LogP contribution in [0.3, 0.4) is 0 Å². The number of para-hydroxylation sites is 4. The van der Waals surface area contributed by atoms with Gasteiger partial charge in [0.1, 0.15) is 40.1 Å². The summed E-state index contributed by atoms with van der Waals surface area (Å²) in [4.78, 5) is 11.4. The zero-order valence-corrected chi connectivity index (χ0v) is 25.1. The molecule has 0 aliphatic carbocycles. The second-order valence-corrected chi connectivity index (χ2v) is 10.1. The van der Waals surface area contributed by atoms with Gasteiger partial charge in [0.2, 0.25) is 0 Å². The van der Waals surface area contributed by atoms with Crippen LogP contribution < -0.4 is 5.56 Å². The van der Waals surface area contributed by atoms with Crippen molar-refractivity contribution in [2.45, 2.75) is 33.9 Å². The largest absolute Gasteiger partial charge is 0.506 e. The molecule has 0 saturated heterocycles. The highest BCUT2D eigenvalue weighted by molar-refractivity contribution is 5.47. The molecule has 0 atom stereocenters. The predicted octanol–water partition coefficient (Wildman–Crippen LogP) is 6.42. The summed E-state index contributed by atoms with van der Waals surface area (Å²) < 4.78 is 54.3. The number of rotatable bonds is 3. The maximum atomic E-state index is 13.0. The summed E-state index contributed by atoms with van der Waals surface area (Å²) in [6.07, 6.45) is -4.49. The average Bonchev–Trinajstić information content (AvgIpc) is 3.66. The molecule has 6 rings (SSSR count). The first-order valence-electron chi connectivity index (χ1n) is 13.7. The minimum atomic E-state index is -4.49. The molecule has 0 unspecified atom stereocenters. The number of halogens is 4. The van der Waals surface area contributed by atoms with E-state index < -0.39 is 17.7 Å². The fraction of sp³-hybridized carbons (Fsp3) is 0.156. The van der Waals surface area contributed by atoms with Gasteiger partial charge in [-0.1, -0.05) is 24.3 Å². The van der Waals surface area contributed by atoms with E-state index in [0.717, 1.165) is 27.8 Å². The second kappa shape index (κ2) is 13.5. The lowest BCUT2D eigenvalue weighted by Crippen LogP contribution is -2.13. The number of aromatic amines is 1. The van der Waals surface area contributed by atoms with Crippen molar-refractivity contribution in [1.29, 1.82) is 0 Å². The summed E-state index contributed by atoms with van der Waals surface area (Å²) >= 11 is 0. The van der Waals surface area contributed by atoms with Gasteiger partial charge in [0.25, 0.3) is 5.56 Å². The van der Waals surface area contributed by atoms with E-state index in [-0.39, 0.29) is 28.5 Å². The molecule has 0 spiro atoms. The van der Waals surface area contributed by atoms with Gasteiger partial charge in [-0.2, -0.15) is 23.4 Å². The first-order chi connectivity index (χ1) is 21.6. The first kappa shape index (κ1) is 33.1. The van der Waals surface area contributed by atoms with Crippen LogP contribution in [-0.2, 0) is 6.18 Å². The van der Waals surface area contributed by atoms with Gasteiger partial charge in [-0.25, -0.2) is 18.4 Å². The van der Waals surface area contributed by atoms with Gasteiger partial charge in [-0.3, -0.25) is 9.89 Å². The molecule has 14 heteroatoms. The summed E-state index contributed by atoms with van der Waals surface area (Å²) in [6.45, 7) is 6.98. The molecule has 4 N–H and O–H groups in total. The Morgan fingerprint density at radius 3 is 1.72 bits per heavy atom. The maximum Gasteiger partial charge on any atom is 0.435 e. The number of nitrogens with one attached hydrogen (secondary N) is 1. The number of aryl methyl sites for hydroxylation is 4. The van der Waals surface area contributed by atoms with Crippen LogP contribution in [0.15, 0.2) is 89.7 Å². The maximum absolute atomic E-state index is 13.0. The zero-order chi connectivity index (χ0) is 33.8. The Labute approximate surface area is 260 Å². The fourth-order valence-corrected chi connectivity index (χ4v) is 4.38. The molecule has 46 heavy (non-hydrogen) atoms. The Kier molecular flexibility index (Phi) is 9.69. The smallest absolute Gasteiger partial charge is 0.435 e. The standard InChI is InChI=1S/C11H9F3N2O.C11H11FN2O.C10H10N2O2/c1-7-6-10(11(12,13)14)15-16(7)8-4-2-3-5-9(8)17;1-7-5-8(2)14(13-7)10-6-9(12)3-4-11(10)15;1-7-6-10(14)12(11-7)8-4-2-3-5-9(8)13/h2-6,17H,1H3;3-6,15H,1-2H3;2-6,11,13H,1H3. The monoisotopic (exact) mass is 638 g/mol. The van der Waals surface area contributed by atoms with Crippen molar-refractivity contribution in [3.8, 4) is 34.3 Å². The molecule has 3 heterocycles. The van der Waals surface area contributed by atoms with E-state index >= 15 is 0 Å². The van der Waals surface area contributed by atoms with Gasteiger partial charge in [-0.05, 0) is 76.2 Å². The molecule has 240 valence electrons. The molecule has 6 aromatic rings. The third-order valence-electron chi connectivity index (χ3n) is 6.43. The number of benzene rings is 3. The number of alkyl halides is 3. The number of nitrogens with zero attached hydrogens (tertiary/aromatic N) is 5. The van der Waals surface area contributed by atoms with Crippen molar-refractivity contribution in [3.63, 3.8) is 0 Å². The molecule has 0 bridgehead atoms. The lowest BCUT2D eigenvalue weighted by molar-refractivity contribution is -0.141.